The molecule has 158 valence electrons. The molecule has 2 rings (SSSR count). The van der Waals surface area contributed by atoms with Gasteiger partial charge in [0, 0.05) is 42.6 Å². The van der Waals surface area contributed by atoms with Crippen molar-refractivity contribution < 1.29 is 13.2 Å². The fourth-order valence-electron chi connectivity index (χ4n) is 3.28. The van der Waals surface area contributed by atoms with Crippen molar-refractivity contribution in [2.75, 3.05) is 29.9 Å². The summed E-state index contributed by atoms with van der Waals surface area (Å²) in [5.41, 5.74) is 2.20. The molecular weight excluding hydrogens is 386 g/mol. The van der Waals surface area contributed by atoms with E-state index < -0.39 is 10.0 Å². The second-order valence-electron chi connectivity index (χ2n) is 6.99. The van der Waals surface area contributed by atoms with E-state index in [1.54, 1.807) is 13.8 Å². The lowest BCUT2D eigenvalue weighted by Crippen LogP contribution is -2.30. The van der Waals surface area contributed by atoms with E-state index in [0.717, 1.165) is 12.2 Å². The van der Waals surface area contributed by atoms with E-state index in [1.807, 2.05) is 24.3 Å². The van der Waals surface area contributed by atoms with Crippen LogP contribution in [-0.4, -0.2) is 44.3 Å². The van der Waals surface area contributed by atoms with Crippen molar-refractivity contribution in [1.82, 2.24) is 4.31 Å². The molecule has 0 aliphatic carbocycles. The van der Waals surface area contributed by atoms with E-state index in [1.165, 1.54) is 28.6 Å². The number of anilines is 2. The van der Waals surface area contributed by atoms with E-state index in [4.69, 9.17) is 0 Å². The Bertz CT molecular complexity index is 903. The molecule has 0 bridgehead atoms. The van der Waals surface area contributed by atoms with Gasteiger partial charge in [0.1, 0.15) is 0 Å². The van der Waals surface area contributed by atoms with Gasteiger partial charge < -0.3 is 10.2 Å². The largest absolute Gasteiger partial charge is 0.369 e. The zero-order valence-corrected chi connectivity index (χ0v) is 18.7. The first-order valence-electron chi connectivity index (χ1n) is 10.0. The van der Waals surface area contributed by atoms with E-state index in [0.29, 0.717) is 30.4 Å². The third kappa shape index (κ3) is 5.36. The van der Waals surface area contributed by atoms with Gasteiger partial charge in [-0.1, -0.05) is 13.8 Å². The number of sulfonamides is 1. The van der Waals surface area contributed by atoms with Crippen LogP contribution in [0.3, 0.4) is 0 Å². The quantitative estimate of drug-likeness (QED) is 0.664. The maximum absolute atomic E-state index is 12.5. The monoisotopic (exact) mass is 417 g/mol. The highest BCUT2D eigenvalue weighted by atomic mass is 32.2. The molecule has 7 heteroatoms. The molecule has 0 aliphatic heterocycles. The van der Waals surface area contributed by atoms with Gasteiger partial charge in [-0.15, -0.1) is 0 Å². The second kappa shape index (κ2) is 9.89. The van der Waals surface area contributed by atoms with Crippen LogP contribution >= 0.6 is 0 Å². The van der Waals surface area contributed by atoms with Crippen LogP contribution < -0.4 is 10.2 Å². The van der Waals surface area contributed by atoms with Crippen molar-refractivity contribution >= 4 is 27.3 Å². The Morgan fingerprint density at radius 3 is 1.90 bits per heavy atom. The molecule has 1 amide bonds. The van der Waals surface area contributed by atoms with Crippen LogP contribution in [0.2, 0.25) is 0 Å². The predicted molar refractivity (Wildman–Crippen MR) is 119 cm³/mol. The summed E-state index contributed by atoms with van der Waals surface area (Å²) in [4.78, 5) is 15.0. The number of hydrogen-bond donors (Lipinski definition) is 1. The minimum atomic E-state index is -3.53. The smallest absolute Gasteiger partial charge is 0.255 e. The van der Waals surface area contributed by atoms with E-state index in [2.05, 4.69) is 31.0 Å². The highest BCUT2D eigenvalue weighted by Crippen LogP contribution is 2.21. The Hall–Kier alpha value is -2.38. The van der Waals surface area contributed by atoms with Gasteiger partial charge in [-0.25, -0.2) is 8.42 Å². The number of carbonyl (C=O) groups is 1. The minimum Gasteiger partial charge on any atom is -0.369 e. The first kappa shape index (κ1) is 22.9. The molecule has 0 heterocycles. The number of amides is 1. The molecule has 2 aromatic rings. The highest BCUT2D eigenvalue weighted by molar-refractivity contribution is 7.89. The topological polar surface area (TPSA) is 69.7 Å². The third-order valence-electron chi connectivity index (χ3n) is 4.88. The number of benzene rings is 2. The maximum Gasteiger partial charge on any atom is 0.255 e. The summed E-state index contributed by atoms with van der Waals surface area (Å²) in [5, 5.41) is 2.86. The Labute approximate surface area is 174 Å². The van der Waals surface area contributed by atoms with Crippen LogP contribution in [0.4, 0.5) is 11.4 Å². The van der Waals surface area contributed by atoms with Crippen molar-refractivity contribution in [3.8, 4) is 0 Å². The molecule has 0 radical (unpaired) electrons. The first-order chi connectivity index (χ1) is 13.7. The fraction of sp³-hybridized carbons (Fsp3) is 0.409. The predicted octanol–water partition coefficient (Wildman–Crippen LogP) is 4.20. The Kier molecular flexibility index (Phi) is 7.81. The summed E-state index contributed by atoms with van der Waals surface area (Å²) in [6, 6.07) is 14.1. The van der Waals surface area contributed by atoms with Crippen molar-refractivity contribution in [1.29, 1.82) is 0 Å². The van der Waals surface area contributed by atoms with Crippen molar-refractivity contribution in [2.24, 2.45) is 0 Å². The fourth-order valence-corrected chi connectivity index (χ4v) is 4.73. The van der Waals surface area contributed by atoms with Gasteiger partial charge in [-0.2, -0.15) is 4.31 Å². The minimum absolute atomic E-state index is 0.190. The van der Waals surface area contributed by atoms with Gasteiger partial charge in [0.05, 0.1) is 4.90 Å². The van der Waals surface area contributed by atoms with Gasteiger partial charge in [-0.3, -0.25) is 4.79 Å². The third-order valence-corrected chi connectivity index (χ3v) is 6.94. The lowest BCUT2D eigenvalue weighted by Gasteiger charge is -2.27. The molecule has 0 aromatic heterocycles. The van der Waals surface area contributed by atoms with Gasteiger partial charge in [0.25, 0.3) is 5.91 Å². The standard InChI is InChI=1S/C22H31N3O3S/c1-6-24(7-2)29(27,28)21-15-9-18(10-16-21)22(26)23-19-11-13-20(14-12-19)25(8-3)17(4)5/h9-17H,6-8H2,1-5H3,(H,23,26). The number of nitrogens with one attached hydrogen (secondary N) is 1. The summed E-state index contributed by atoms with van der Waals surface area (Å²) in [7, 11) is -3.53. The molecule has 0 fully saturated rings. The normalized spacial score (nSPS) is 11.7. The number of carbonyl (C=O) groups excluding carboxylic acids is 1. The van der Waals surface area contributed by atoms with Crippen molar-refractivity contribution in [2.45, 2.75) is 45.6 Å². The van der Waals surface area contributed by atoms with E-state index in [-0.39, 0.29) is 10.8 Å². The Balaban J connectivity index is 2.12. The summed E-state index contributed by atoms with van der Waals surface area (Å²) in [6.45, 7) is 11.7. The first-order valence-corrected chi connectivity index (χ1v) is 11.5. The van der Waals surface area contributed by atoms with E-state index in [9.17, 15) is 13.2 Å². The van der Waals surface area contributed by atoms with Gasteiger partial charge >= 0.3 is 0 Å². The summed E-state index contributed by atoms with van der Waals surface area (Å²) < 4.78 is 26.5. The van der Waals surface area contributed by atoms with Crippen LogP contribution in [0.5, 0.6) is 0 Å². The molecular formula is C22H31N3O3S. The maximum atomic E-state index is 12.5. The lowest BCUT2D eigenvalue weighted by molar-refractivity contribution is 0.102. The van der Waals surface area contributed by atoms with Crippen LogP contribution in [-0.2, 0) is 10.0 Å². The van der Waals surface area contributed by atoms with Crippen LogP contribution in [0, 0.1) is 0 Å². The average molecular weight is 418 g/mol. The SMILES string of the molecule is CCN(c1ccc(NC(=O)c2ccc(S(=O)(=O)N(CC)CC)cc2)cc1)C(C)C. The highest BCUT2D eigenvalue weighted by Gasteiger charge is 2.21. The molecule has 0 atom stereocenters. The molecule has 0 spiro atoms. The lowest BCUT2D eigenvalue weighted by atomic mass is 10.2. The molecule has 1 N–H and O–H groups in total. The number of rotatable bonds is 9. The zero-order valence-electron chi connectivity index (χ0n) is 17.8. The Morgan fingerprint density at radius 1 is 0.897 bits per heavy atom. The van der Waals surface area contributed by atoms with Gasteiger partial charge in [0.15, 0.2) is 0 Å². The summed E-state index contributed by atoms with van der Waals surface area (Å²) in [5.74, 6) is -0.277. The zero-order chi connectivity index (χ0) is 21.6. The molecule has 29 heavy (non-hydrogen) atoms. The molecule has 0 saturated carbocycles. The van der Waals surface area contributed by atoms with Crippen molar-refractivity contribution in [3.05, 3.63) is 54.1 Å². The van der Waals surface area contributed by atoms with Crippen molar-refractivity contribution in [3.63, 3.8) is 0 Å². The molecule has 6 nitrogen and oxygen atoms in total. The van der Waals surface area contributed by atoms with Crippen LogP contribution in [0.1, 0.15) is 45.0 Å². The number of nitrogens with zero attached hydrogens (tertiary/aromatic N) is 2. The Morgan fingerprint density at radius 2 is 1.45 bits per heavy atom. The van der Waals surface area contributed by atoms with Crippen LogP contribution in [0.15, 0.2) is 53.4 Å². The summed E-state index contributed by atoms with van der Waals surface area (Å²) in [6.07, 6.45) is 0. The second-order valence-corrected chi connectivity index (χ2v) is 8.93. The molecule has 0 unspecified atom stereocenters. The summed E-state index contributed by atoms with van der Waals surface area (Å²) >= 11 is 0. The van der Waals surface area contributed by atoms with E-state index >= 15 is 0 Å². The molecule has 0 aliphatic rings. The van der Waals surface area contributed by atoms with Gasteiger partial charge in [-0.05, 0) is 69.3 Å². The average Bonchev–Trinajstić information content (AvgIpc) is 2.70. The van der Waals surface area contributed by atoms with Gasteiger partial charge in [0.2, 0.25) is 10.0 Å². The molecule has 0 saturated heterocycles. The number of hydrogen-bond acceptors (Lipinski definition) is 4. The van der Waals surface area contributed by atoms with Crippen LogP contribution in [0.25, 0.3) is 0 Å². The molecule has 2 aromatic carbocycles.